The molecule has 0 heterocycles. The Hall–Kier alpha value is -1.06. The summed E-state index contributed by atoms with van der Waals surface area (Å²) < 4.78 is 5.83. The number of nitrogens with zero attached hydrogens (tertiary/aromatic N) is 1. The molecule has 0 spiro atoms. The van der Waals surface area contributed by atoms with Gasteiger partial charge in [0, 0.05) is 13.5 Å². The van der Waals surface area contributed by atoms with E-state index in [4.69, 9.17) is 4.74 Å². The number of rotatable bonds is 3. The second kappa shape index (κ2) is 7.47. The Bertz CT molecular complexity index is 407. The lowest BCUT2D eigenvalue weighted by Crippen LogP contribution is -2.46. The minimum absolute atomic E-state index is 0.00241. The van der Waals surface area contributed by atoms with Gasteiger partial charge in [-0.2, -0.15) is 0 Å². The smallest absolute Gasteiger partial charge is 0.410 e. The predicted octanol–water partition coefficient (Wildman–Crippen LogP) is 4.03. The van der Waals surface area contributed by atoms with Crippen LogP contribution in [0.4, 0.5) is 4.79 Å². The first-order valence-corrected chi connectivity index (χ1v) is 8.86. The third kappa shape index (κ3) is 4.02. The third-order valence-electron chi connectivity index (χ3n) is 5.49. The summed E-state index contributed by atoms with van der Waals surface area (Å²) in [6, 6.07) is -0.278. The summed E-state index contributed by atoms with van der Waals surface area (Å²) in [5.41, 5.74) is 0. The molecule has 0 radical (unpaired) electrons. The van der Waals surface area contributed by atoms with Gasteiger partial charge in [-0.05, 0) is 43.4 Å². The molecular weight excluding hydrogens is 278 g/mol. The highest BCUT2D eigenvalue weighted by atomic mass is 16.6. The van der Waals surface area contributed by atoms with Crippen LogP contribution in [0.2, 0.25) is 0 Å². The molecule has 0 aliphatic heterocycles. The highest BCUT2D eigenvalue weighted by Gasteiger charge is 2.36. The quantitative estimate of drug-likeness (QED) is 0.791. The molecule has 2 aliphatic carbocycles. The molecule has 2 aliphatic rings. The summed E-state index contributed by atoms with van der Waals surface area (Å²) in [5, 5.41) is 0. The average molecular weight is 309 g/mol. The van der Waals surface area contributed by atoms with E-state index in [-0.39, 0.29) is 24.0 Å². The maximum atomic E-state index is 12.5. The van der Waals surface area contributed by atoms with E-state index in [2.05, 4.69) is 20.8 Å². The van der Waals surface area contributed by atoms with Gasteiger partial charge >= 0.3 is 6.09 Å². The van der Waals surface area contributed by atoms with Crippen molar-refractivity contribution in [2.75, 3.05) is 7.05 Å². The summed E-state index contributed by atoms with van der Waals surface area (Å²) in [6.45, 7) is 6.64. The fraction of sp³-hybridized carbons (Fsp3) is 0.889. The number of Topliss-reactive ketones (excluding diaryl/α,β-unsaturated/α-hetero) is 1. The molecule has 4 atom stereocenters. The average Bonchev–Trinajstić information content (AvgIpc) is 2.46. The standard InChI is InChI=1S/C18H31NO3/c1-12(2)14-10-9-13(3)11-17(14)22-18(21)19(4)15-7-5-6-8-16(15)20/h12-15,17H,5-11H2,1-4H3/t13-,14+,15?,17-/m1/s1. The second-order valence-corrected chi connectivity index (χ2v) is 7.59. The van der Waals surface area contributed by atoms with E-state index in [0.29, 0.717) is 24.2 Å². The molecule has 0 bridgehead atoms. The van der Waals surface area contributed by atoms with E-state index in [1.54, 1.807) is 7.05 Å². The Balaban J connectivity index is 1.97. The van der Waals surface area contributed by atoms with E-state index in [0.717, 1.165) is 32.1 Å². The van der Waals surface area contributed by atoms with Crippen LogP contribution in [-0.2, 0) is 9.53 Å². The van der Waals surface area contributed by atoms with Crippen molar-refractivity contribution in [2.45, 2.75) is 77.9 Å². The number of ketones is 1. The summed E-state index contributed by atoms with van der Waals surface area (Å²) in [4.78, 5) is 26.0. The molecule has 2 fully saturated rings. The van der Waals surface area contributed by atoms with Crippen molar-refractivity contribution >= 4 is 11.9 Å². The molecule has 0 N–H and O–H groups in total. The number of carbonyl (C=O) groups excluding carboxylic acids is 2. The molecule has 0 aromatic rings. The topological polar surface area (TPSA) is 46.6 Å². The number of hydrogen-bond donors (Lipinski definition) is 0. The molecule has 0 saturated heterocycles. The van der Waals surface area contributed by atoms with Crippen LogP contribution in [-0.4, -0.2) is 36.0 Å². The predicted molar refractivity (Wildman–Crippen MR) is 86.6 cm³/mol. The van der Waals surface area contributed by atoms with E-state index >= 15 is 0 Å². The molecule has 126 valence electrons. The Labute approximate surface area is 134 Å². The van der Waals surface area contributed by atoms with Crippen molar-refractivity contribution in [1.82, 2.24) is 4.90 Å². The van der Waals surface area contributed by atoms with Gasteiger partial charge in [0.05, 0.1) is 6.04 Å². The van der Waals surface area contributed by atoms with Gasteiger partial charge in [-0.15, -0.1) is 0 Å². The molecule has 4 nitrogen and oxygen atoms in total. The first-order valence-electron chi connectivity index (χ1n) is 8.86. The lowest BCUT2D eigenvalue weighted by Gasteiger charge is -2.38. The zero-order chi connectivity index (χ0) is 16.3. The van der Waals surface area contributed by atoms with Crippen molar-refractivity contribution in [1.29, 1.82) is 0 Å². The van der Waals surface area contributed by atoms with Crippen LogP contribution in [0.5, 0.6) is 0 Å². The van der Waals surface area contributed by atoms with Gasteiger partial charge in [0.15, 0.2) is 5.78 Å². The zero-order valence-electron chi connectivity index (χ0n) is 14.5. The Morgan fingerprint density at radius 3 is 2.59 bits per heavy atom. The molecule has 2 saturated carbocycles. The highest BCUT2D eigenvalue weighted by molar-refractivity contribution is 5.87. The normalized spacial score (nSPS) is 32.9. The molecule has 0 aromatic carbocycles. The molecule has 1 unspecified atom stereocenters. The Kier molecular flexibility index (Phi) is 5.87. The van der Waals surface area contributed by atoms with Crippen molar-refractivity contribution in [3.63, 3.8) is 0 Å². The summed E-state index contributed by atoms with van der Waals surface area (Å²) in [5.74, 6) is 1.75. The van der Waals surface area contributed by atoms with Crippen molar-refractivity contribution in [3.8, 4) is 0 Å². The minimum Gasteiger partial charge on any atom is -0.446 e. The van der Waals surface area contributed by atoms with Crippen LogP contribution < -0.4 is 0 Å². The van der Waals surface area contributed by atoms with Gasteiger partial charge in [-0.3, -0.25) is 4.79 Å². The summed E-state index contributed by atoms with van der Waals surface area (Å²) >= 11 is 0. The Morgan fingerprint density at radius 1 is 1.23 bits per heavy atom. The van der Waals surface area contributed by atoms with Crippen LogP contribution in [0.3, 0.4) is 0 Å². The third-order valence-corrected chi connectivity index (χ3v) is 5.49. The van der Waals surface area contributed by atoms with Crippen LogP contribution in [0.1, 0.15) is 65.7 Å². The maximum absolute atomic E-state index is 12.5. The molecular formula is C18H31NO3. The van der Waals surface area contributed by atoms with Crippen LogP contribution in [0, 0.1) is 17.8 Å². The number of likely N-dealkylation sites (N-methyl/N-ethyl adjacent to an activating group) is 1. The van der Waals surface area contributed by atoms with E-state index < -0.39 is 0 Å². The minimum atomic E-state index is -0.315. The van der Waals surface area contributed by atoms with Gasteiger partial charge < -0.3 is 9.64 Å². The highest BCUT2D eigenvalue weighted by Crippen LogP contribution is 2.35. The fourth-order valence-corrected chi connectivity index (χ4v) is 3.96. The molecule has 22 heavy (non-hydrogen) atoms. The molecule has 4 heteroatoms. The second-order valence-electron chi connectivity index (χ2n) is 7.59. The van der Waals surface area contributed by atoms with E-state index in [1.165, 1.54) is 11.3 Å². The monoisotopic (exact) mass is 309 g/mol. The lowest BCUT2D eigenvalue weighted by molar-refractivity contribution is -0.125. The van der Waals surface area contributed by atoms with Gasteiger partial charge in [0.1, 0.15) is 6.10 Å². The van der Waals surface area contributed by atoms with Gasteiger partial charge in [0.2, 0.25) is 0 Å². The zero-order valence-corrected chi connectivity index (χ0v) is 14.5. The van der Waals surface area contributed by atoms with Gasteiger partial charge in [-0.25, -0.2) is 4.79 Å². The van der Waals surface area contributed by atoms with Crippen molar-refractivity contribution < 1.29 is 14.3 Å². The summed E-state index contributed by atoms with van der Waals surface area (Å²) in [6.07, 6.45) is 6.31. The molecule has 2 rings (SSSR count). The summed E-state index contributed by atoms with van der Waals surface area (Å²) in [7, 11) is 1.72. The van der Waals surface area contributed by atoms with E-state index in [1.807, 2.05) is 0 Å². The van der Waals surface area contributed by atoms with Crippen LogP contribution >= 0.6 is 0 Å². The lowest BCUT2D eigenvalue weighted by atomic mass is 9.75. The largest absolute Gasteiger partial charge is 0.446 e. The SMILES string of the molecule is CC(C)[C@@H]1CC[C@@H](C)C[C@H]1OC(=O)N(C)C1CCCCC1=O. The van der Waals surface area contributed by atoms with Crippen molar-refractivity contribution in [2.24, 2.45) is 17.8 Å². The van der Waals surface area contributed by atoms with E-state index in [9.17, 15) is 9.59 Å². The first-order chi connectivity index (χ1) is 10.4. The molecule has 1 amide bonds. The maximum Gasteiger partial charge on any atom is 0.410 e. The first kappa shape index (κ1) is 17.3. The number of carbonyl (C=O) groups is 2. The van der Waals surface area contributed by atoms with Gasteiger partial charge in [0.25, 0.3) is 0 Å². The Morgan fingerprint density at radius 2 is 1.95 bits per heavy atom. The van der Waals surface area contributed by atoms with Crippen LogP contribution in [0.15, 0.2) is 0 Å². The number of hydrogen-bond acceptors (Lipinski definition) is 3. The van der Waals surface area contributed by atoms with Crippen molar-refractivity contribution in [3.05, 3.63) is 0 Å². The molecule has 0 aromatic heterocycles. The van der Waals surface area contributed by atoms with Crippen LogP contribution in [0.25, 0.3) is 0 Å². The number of amides is 1. The van der Waals surface area contributed by atoms with Gasteiger partial charge in [-0.1, -0.05) is 33.6 Å². The number of ether oxygens (including phenoxy) is 1. The fourth-order valence-electron chi connectivity index (χ4n) is 3.96.